The number of amides is 1. The molecule has 3 heterocycles. The van der Waals surface area contributed by atoms with Gasteiger partial charge in [-0.05, 0) is 65.4 Å². The van der Waals surface area contributed by atoms with Crippen molar-refractivity contribution in [2.45, 2.75) is 31.2 Å². The first-order chi connectivity index (χ1) is 17.1. The van der Waals surface area contributed by atoms with Gasteiger partial charge in [-0.3, -0.25) is 9.69 Å². The van der Waals surface area contributed by atoms with Crippen LogP contribution in [0.5, 0.6) is 0 Å². The fourth-order valence-electron chi connectivity index (χ4n) is 4.61. The predicted octanol–water partition coefficient (Wildman–Crippen LogP) is 5.19. The van der Waals surface area contributed by atoms with Gasteiger partial charge in [-0.25, -0.2) is 4.98 Å². The maximum absolute atomic E-state index is 13.4. The average Bonchev–Trinajstić information content (AvgIpc) is 3.58. The van der Waals surface area contributed by atoms with E-state index in [9.17, 15) is 10.1 Å². The molecule has 0 unspecified atom stereocenters. The van der Waals surface area contributed by atoms with Gasteiger partial charge in [0.05, 0.1) is 18.2 Å². The Morgan fingerprint density at radius 2 is 1.94 bits per heavy atom. The van der Waals surface area contributed by atoms with Gasteiger partial charge in [0.1, 0.15) is 12.1 Å². The smallest absolute Gasteiger partial charge is 0.260 e. The molecule has 1 aliphatic heterocycles. The van der Waals surface area contributed by atoms with Crippen LogP contribution in [-0.4, -0.2) is 25.7 Å². The molecule has 0 spiro atoms. The molecule has 7 nitrogen and oxygen atoms in total. The van der Waals surface area contributed by atoms with E-state index in [0.29, 0.717) is 41.1 Å². The zero-order chi connectivity index (χ0) is 24.1. The number of anilines is 1. The Labute approximate surface area is 207 Å². The summed E-state index contributed by atoms with van der Waals surface area (Å²) in [4.78, 5) is 20.0. The van der Waals surface area contributed by atoms with E-state index in [1.165, 1.54) is 0 Å². The Kier molecular flexibility index (Phi) is 5.12. The molecule has 1 saturated carbocycles. The number of halogens is 1. The summed E-state index contributed by atoms with van der Waals surface area (Å²) in [5.41, 5.74) is 6.77. The normalized spacial score (nSPS) is 14.8. The second kappa shape index (κ2) is 8.33. The number of pyridine rings is 1. The standard InChI is InChI=1S/C27H21ClN6O/c1-33-15-30-32-26(33)23-9-17(13-29)3-7-21(23)20-10-24(18-5-6-18)31-25(11-20)34-14-19-4-2-16(12-28)8-22(19)27(34)35/h2-4,7-11,15,18H,5-6,12,14H2,1H3. The van der Waals surface area contributed by atoms with Gasteiger partial charge < -0.3 is 4.57 Å². The third-order valence-electron chi connectivity index (χ3n) is 6.65. The number of rotatable bonds is 5. The molecular weight excluding hydrogens is 460 g/mol. The number of benzene rings is 2. The highest BCUT2D eigenvalue weighted by atomic mass is 35.5. The van der Waals surface area contributed by atoms with E-state index >= 15 is 0 Å². The molecule has 2 aliphatic rings. The number of nitrogens with zero attached hydrogens (tertiary/aromatic N) is 6. The zero-order valence-electron chi connectivity index (χ0n) is 19.1. The van der Waals surface area contributed by atoms with E-state index in [1.807, 2.05) is 48.0 Å². The number of aromatic nitrogens is 4. The summed E-state index contributed by atoms with van der Waals surface area (Å²) in [7, 11) is 1.88. The van der Waals surface area contributed by atoms with Crippen LogP contribution in [-0.2, 0) is 19.5 Å². The minimum Gasteiger partial charge on any atom is -0.317 e. The van der Waals surface area contributed by atoms with Crippen LogP contribution in [0.4, 0.5) is 5.82 Å². The van der Waals surface area contributed by atoms with E-state index in [1.54, 1.807) is 17.3 Å². The summed E-state index contributed by atoms with van der Waals surface area (Å²) < 4.78 is 1.83. The molecule has 8 heteroatoms. The molecule has 0 atom stereocenters. The number of carbonyl (C=O) groups excluding carboxylic acids is 1. The predicted molar refractivity (Wildman–Crippen MR) is 133 cm³/mol. The van der Waals surface area contributed by atoms with E-state index in [0.717, 1.165) is 46.4 Å². The molecule has 0 bridgehead atoms. The maximum atomic E-state index is 13.4. The van der Waals surface area contributed by atoms with Gasteiger partial charge in [0, 0.05) is 35.7 Å². The number of alkyl halides is 1. The monoisotopic (exact) mass is 480 g/mol. The van der Waals surface area contributed by atoms with Crippen molar-refractivity contribution in [2.75, 3.05) is 4.90 Å². The largest absolute Gasteiger partial charge is 0.317 e. The van der Waals surface area contributed by atoms with Crippen LogP contribution in [0.3, 0.4) is 0 Å². The van der Waals surface area contributed by atoms with Crippen LogP contribution in [0, 0.1) is 11.3 Å². The van der Waals surface area contributed by atoms with Crippen molar-refractivity contribution in [3.05, 3.63) is 82.8 Å². The molecule has 1 fully saturated rings. The number of nitriles is 1. The van der Waals surface area contributed by atoms with Crippen molar-refractivity contribution in [1.29, 1.82) is 5.26 Å². The van der Waals surface area contributed by atoms with Crippen LogP contribution in [0.15, 0.2) is 54.9 Å². The van der Waals surface area contributed by atoms with Gasteiger partial charge in [-0.15, -0.1) is 21.8 Å². The number of fused-ring (bicyclic) bond motifs is 1. The zero-order valence-corrected chi connectivity index (χ0v) is 19.8. The number of hydrogen-bond donors (Lipinski definition) is 0. The summed E-state index contributed by atoms with van der Waals surface area (Å²) in [6.07, 6.45) is 3.82. The Morgan fingerprint density at radius 3 is 2.66 bits per heavy atom. The van der Waals surface area contributed by atoms with Crippen LogP contribution in [0.25, 0.3) is 22.5 Å². The fraction of sp³-hybridized carbons (Fsp3) is 0.222. The molecule has 1 amide bonds. The first-order valence-corrected chi connectivity index (χ1v) is 12.0. The molecule has 2 aromatic carbocycles. The summed E-state index contributed by atoms with van der Waals surface area (Å²) in [6.45, 7) is 0.473. The highest BCUT2D eigenvalue weighted by Gasteiger charge is 2.32. The molecule has 0 radical (unpaired) electrons. The number of aryl methyl sites for hydroxylation is 1. The highest BCUT2D eigenvalue weighted by Crippen LogP contribution is 2.43. The topological polar surface area (TPSA) is 87.7 Å². The molecule has 0 saturated heterocycles. The highest BCUT2D eigenvalue weighted by molar-refractivity contribution is 6.17. The van der Waals surface area contributed by atoms with Crippen molar-refractivity contribution < 1.29 is 4.79 Å². The van der Waals surface area contributed by atoms with E-state index in [4.69, 9.17) is 16.6 Å². The second-order valence-corrected chi connectivity index (χ2v) is 9.33. The summed E-state index contributed by atoms with van der Waals surface area (Å²) in [5.74, 6) is 2.00. The summed E-state index contributed by atoms with van der Waals surface area (Å²) in [6, 6.07) is 17.7. The molecule has 172 valence electrons. The Hall–Kier alpha value is -4.02. The molecule has 0 N–H and O–H groups in total. The number of carbonyl (C=O) groups is 1. The molecular formula is C27H21ClN6O. The molecule has 6 rings (SSSR count). The van der Waals surface area contributed by atoms with Gasteiger partial charge >= 0.3 is 0 Å². The van der Waals surface area contributed by atoms with Gasteiger partial charge in [0.15, 0.2) is 5.82 Å². The van der Waals surface area contributed by atoms with Crippen molar-refractivity contribution in [3.63, 3.8) is 0 Å². The first-order valence-electron chi connectivity index (χ1n) is 11.5. The van der Waals surface area contributed by atoms with Gasteiger partial charge in [0.2, 0.25) is 0 Å². The minimum atomic E-state index is -0.0632. The van der Waals surface area contributed by atoms with E-state index in [-0.39, 0.29) is 5.91 Å². The van der Waals surface area contributed by atoms with Crippen LogP contribution in [0.1, 0.15) is 51.5 Å². The third kappa shape index (κ3) is 3.76. The quantitative estimate of drug-likeness (QED) is 0.367. The van der Waals surface area contributed by atoms with Crippen molar-refractivity contribution >= 4 is 23.3 Å². The van der Waals surface area contributed by atoms with Crippen molar-refractivity contribution in [1.82, 2.24) is 19.7 Å². The maximum Gasteiger partial charge on any atom is 0.260 e. The van der Waals surface area contributed by atoms with Crippen molar-refractivity contribution in [2.24, 2.45) is 7.05 Å². The van der Waals surface area contributed by atoms with Crippen LogP contribution < -0.4 is 4.90 Å². The lowest BCUT2D eigenvalue weighted by Gasteiger charge is -2.18. The first kappa shape index (κ1) is 21.5. The molecule has 2 aromatic heterocycles. The van der Waals surface area contributed by atoms with Crippen LogP contribution in [0.2, 0.25) is 0 Å². The molecule has 1 aliphatic carbocycles. The Bertz CT molecular complexity index is 1530. The number of hydrogen-bond acceptors (Lipinski definition) is 5. The minimum absolute atomic E-state index is 0.0632. The van der Waals surface area contributed by atoms with Gasteiger partial charge in [0.25, 0.3) is 5.91 Å². The van der Waals surface area contributed by atoms with Crippen molar-refractivity contribution in [3.8, 4) is 28.6 Å². The fourth-order valence-corrected chi connectivity index (χ4v) is 4.78. The lowest BCUT2D eigenvalue weighted by Crippen LogP contribution is -2.24. The molecule has 35 heavy (non-hydrogen) atoms. The third-order valence-corrected chi connectivity index (χ3v) is 6.96. The summed E-state index contributed by atoms with van der Waals surface area (Å²) >= 11 is 6.00. The average molecular weight is 481 g/mol. The summed E-state index contributed by atoms with van der Waals surface area (Å²) in [5, 5.41) is 17.8. The second-order valence-electron chi connectivity index (χ2n) is 9.07. The Morgan fingerprint density at radius 1 is 1.09 bits per heavy atom. The lowest BCUT2D eigenvalue weighted by molar-refractivity contribution is 0.0996. The van der Waals surface area contributed by atoms with Gasteiger partial charge in [-0.2, -0.15) is 5.26 Å². The van der Waals surface area contributed by atoms with Crippen LogP contribution >= 0.6 is 11.6 Å². The Balaban J connectivity index is 1.49. The molecule has 4 aromatic rings. The SMILES string of the molecule is Cn1cnnc1-c1cc(C#N)ccc1-c1cc(C2CC2)nc(N2Cc3ccc(CCl)cc3C2=O)c1. The van der Waals surface area contributed by atoms with E-state index in [2.05, 4.69) is 22.3 Å². The lowest BCUT2D eigenvalue weighted by atomic mass is 9.96. The van der Waals surface area contributed by atoms with E-state index < -0.39 is 0 Å². The van der Waals surface area contributed by atoms with Gasteiger partial charge in [-0.1, -0.05) is 18.2 Å².